The highest BCUT2D eigenvalue weighted by Crippen LogP contribution is 1.74. The van der Waals surface area contributed by atoms with Gasteiger partial charge in [0.1, 0.15) is 0 Å². The van der Waals surface area contributed by atoms with Crippen LogP contribution in [-0.2, 0) is 0 Å². The molecule has 1 atom stereocenters. The van der Waals surface area contributed by atoms with E-state index in [4.69, 9.17) is 5.02 Å². The summed E-state index contributed by atoms with van der Waals surface area (Å²) >= 11 is 0. The zero-order valence-electron chi connectivity index (χ0n) is 6.31. The van der Waals surface area contributed by atoms with E-state index in [1.165, 1.54) is 0 Å². The standard InChI is InChI=1S/C5H15BN2O/c1-4-7-5(2)8-6(3)9/h5,7-9H,4H2,1-3H3. The first kappa shape index (κ1) is 8.94. The molecule has 0 heterocycles. The van der Waals surface area contributed by atoms with Crippen LogP contribution in [0.3, 0.4) is 0 Å². The first-order chi connectivity index (χ1) is 4.16. The number of hydrogen-bond acceptors (Lipinski definition) is 3. The molecule has 4 heteroatoms. The van der Waals surface area contributed by atoms with E-state index in [0.717, 1.165) is 6.54 Å². The Hall–Kier alpha value is -0.0551. The van der Waals surface area contributed by atoms with E-state index in [2.05, 4.69) is 10.5 Å². The maximum Gasteiger partial charge on any atom is 0.374 e. The summed E-state index contributed by atoms with van der Waals surface area (Å²) < 4.78 is 0. The highest BCUT2D eigenvalue weighted by Gasteiger charge is 2.04. The molecule has 0 aliphatic rings. The normalized spacial score (nSPS) is 13.3. The van der Waals surface area contributed by atoms with Crippen molar-refractivity contribution in [1.29, 1.82) is 0 Å². The Labute approximate surface area is 57.0 Å². The van der Waals surface area contributed by atoms with Gasteiger partial charge in [-0.2, -0.15) is 0 Å². The predicted molar refractivity (Wildman–Crippen MR) is 40.1 cm³/mol. The lowest BCUT2D eigenvalue weighted by molar-refractivity contribution is 0.485. The van der Waals surface area contributed by atoms with Crippen molar-refractivity contribution in [2.75, 3.05) is 6.54 Å². The Morgan fingerprint density at radius 1 is 1.67 bits per heavy atom. The second-order valence-corrected chi connectivity index (χ2v) is 2.12. The second-order valence-electron chi connectivity index (χ2n) is 2.12. The second kappa shape index (κ2) is 4.79. The van der Waals surface area contributed by atoms with Crippen molar-refractivity contribution in [3.05, 3.63) is 0 Å². The lowest BCUT2D eigenvalue weighted by atomic mass is 9.88. The third kappa shape index (κ3) is 5.82. The fourth-order valence-corrected chi connectivity index (χ4v) is 0.727. The van der Waals surface area contributed by atoms with E-state index in [1.54, 1.807) is 6.82 Å². The molecule has 0 aromatic heterocycles. The van der Waals surface area contributed by atoms with Gasteiger partial charge >= 0.3 is 7.05 Å². The van der Waals surface area contributed by atoms with E-state index in [1.807, 2.05) is 13.8 Å². The molecule has 54 valence electrons. The number of rotatable bonds is 4. The van der Waals surface area contributed by atoms with Gasteiger partial charge in [-0.15, -0.1) is 0 Å². The topological polar surface area (TPSA) is 44.3 Å². The third-order valence-corrected chi connectivity index (χ3v) is 1.00. The summed E-state index contributed by atoms with van der Waals surface area (Å²) in [5, 5.41) is 14.8. The van der Waals surface area contributed by atoms with Gasteiger partial charge in [-0.3, -0.25) is 0 Å². The monoisotopic (exact) mass is 130 g/mol. The molecule has 0 amide bonds. The van der Waals surface area contributed by atoms with Gasteiger partial charge in [-0.1, -0.05) is 6.92 Å². The molecule has 0 bridgehead atoms. The minimum Gasteiger partial charge on any atom is -0.437 e. The lowest BCUT2D eigenvalue weighted by Crippen LogP contribution is -2.46. The molecule has 0 saturated carbocycles. The van der Waals surface area contributed by atoms with Crippen LogP contribution in [0.25, 0.3) is 0 Å². The van der Waals surface area contributed by atoms with Gasteiger partial charge in [0.25, 0.3) is 0 Å². The van der Waals surface area contributed by atoms with Crippen LogP contribution >= 0.6 is 0 Å². The van der Waals surface area contributed by atoms with Crippen molar-refractivity contribution in [3.63, 3.8) is 0 Å². The van der Waals surface area contributed by atoms with Gasteiger partial charge < -0.3 is 15.6 Å². The van der Waals surface area contributed by atoms with Crippen molar-refractivity contribution in [1.82, 2.24) is 10.5 Å². The van der Waals surface area contributed by atoms with Crippen molar-refractivity contribution in [2.24, 2.45) is 0 Å². The summed E-state index contributed by atoms with van der Waals surface area (Å²) in [4.78, 5) is 0. The van der Waals surface area contributed by atoms with Crippen LogP contribution in [0.5, 0.6) is 0 Å². The molecule has 9 heavy (non-hydrogen) atoms. The molecule has 0 aromatic carbocycles. The SMILES string of the molecule is CCNC(C)NB(C)O. The lowest BCUT2D eigenvalue weighted by Gasteiger charge is -2.13. The molecule has 0 saturated heterocycles. The first-order valence-corrected chi connectivity index (χ1v) is 3.34. The number of hydrogen-bond donors (Lipinski definition) is 3. The molecule has 0 spiro atoms. The summed E-state index contributed by atoms with van der Waals surface area (Å²) in [7, 11) is -0.431. The Bertz CT molecular complexity index is 70.0. The fourth-order valence-electron chi connectivity index (χ4n) is 0.727. The first-order valence-electron chi connectivity index (χ1n) is 3.34. The van der Waals surface area contributed by atoms with Crippen LogP contribution in [0.2, 0.25) is 6.82 Å². The van der Waals surface area contributed by atoms with E-state index in [-0.39, 0.29) is 6.17 Å². The van der Waals surface area contributed by atoms with Gasteiger partial charge in [0, 0.05) is 6.17 Å². The molecule has 0 rings (SSSR count). The predicted octanol–water partition coefficient (Wildman–Crippen LogP) is -0.358. The van der Waals surface area contributed by atoms with Crippen LogP contribution < -0.4 is 10.5 Å². The molecular weight excluding hydrogens is 115 g/mol. The van der Waals surface area contributed by atoms with Crippen LogP contribution in [-0.4, -0.2) is 24.8 Å². The quantitative estimate of drug-likeness (QED) is 0.359. The average Bonchev–Trinajstić information content (AvgIpc) is 1.63. The molecule has 0 radical (unpaired) electrons. The minimum absolute atomic E-state index is 0.190. The highest BCUT2D eigenvalue weighted by atomic mass is 16.2. The van der Waals surface area contributed by atoms with E-state index in [9.17, 15) is 0 Å². The summed E-state index contributed by atoms with van der Waals surface area (Å²) in [6, 6.07) is 0. The van der Waals surface area contributed by atoms with Crippen molar-refractivity contribution >= 4 is 7.05 Å². The fraction of sp³-hybridized carbons (Fsp3) is 1.00. The summed E-state index contributed by atoms with van der Waals surface area (Å²) in [6.45, 7) is 6.62. The zero-order chi connectivity index (χ0) is 7.28. The molecule has 0 aromatic rings. The van der Waals surface area contributed by atoms with Crippen molar-refractivity contribution in [3.8, 4) is 0 Å². The van der Waals surface area contributed by atoms with E-state index < -0.39 is 7.05 Å². The summed E-state index contributed by atoms with van der Waals surface area (Å²) in [5.74, 6) is 0. The maximum atomic E-state index is 8.80. The van der Waals surface area contributed by atoms with Crippen LogP contribution in [0.1, 0.15) is 13.8 Å². The Balaban J connectivity index is 3.15. The molecule has 3 N–H and O–H groups in total. The smallest absolute Gasteiger partial charge is 0.374 e. The molecule has 0 aliphatic carbocycles. The van der Waals surface area contributed by atoms with Gasteiger partial charge in [0.05, 0.1) is 0 Å². The molecule has 0 fully saturated rings. The maximum absolute atomic E-state index is 8.80. The molecular formula is C5H15BN2O. The highest BCUT2D eigenvalue weighted by molar-refractivity contribution is 6.45. The Kier molecular flexibility index (Phi) is 4.76. The van der Waals surface area contributed by atoms with Crippen molar-refractivity contribution < 1.29 is 5.02 Å². The average molecular weight is 130 g/mol. The largest absolute Gasteiger partial charge is 0.437 e. The third-order valence-electron chi connectivity index (χ3n) is 1.00. The summed E-state index contributed by atoms with van der Waals surface area (Å²) in [6.07, 6.45) is 0.190. The Morgan fingerprint density at radius 2 is 2.22 bits per heavy atom. The van der Waals surface area contributed by atoms with Crippen LogP contribution in [0.4, 0.5) is 0 Å². The molecule has 0 aliphatic heterocycles. The summed E-state index contributed by atoms with van der Waals surface area (Å²) in [5.41, 5.74) is 0. The van der Waals surface area contributed by atoms with Gasteiger partial charge in [-0.05, 0) is 20.3 Å². The van der Waals surface area contributed by atoms with Crippen LogP contribution in [0, 0.1) is 0 Å². The number of nitrogens with one attached hydrogen (secondary N) is 2. The Morgan fingerprint density at radius 3 is 2.56 bits per heavy atom. The minimum atomic E-state index is -0.431. The van der Waals surface area contributed by atoms with Gasteiger partial charge in [-0.25, -0.2) is 0 Å². The van der Waals surface area contributed by atoms with E-state index in [0.29, 0.717) is 0 Å². The van der Waals surface area contributed by atoms with Crippen LogP contribution in [0.15, 0.2) is 0 Å². The molecule has 1 unspecified atom stereocenters. The van der Waals surface area contributed by atoms with Gasteiger partial charge in [0.2, 0.25) is 0 Å². The molecule has 3 nitrogen and oxygen atoms in total. The zero-order valence-corrected chi connectivity index (χ0v) is 6.31. The van der Waals surface area contributed by atoms with Crippen molar-refractivity contribution in [2.45, 2.75) is 26.8 Å². The van der Waals surface area contributed by atoms with E-state index >= 15 is 0 Å². The van der Waals surface area contributed by atoms with Gasteiger partial charge in [0.15, 0.2) is 0 Å².